The van der Waals surface area contributed by atoms with Gasteiger partial charge in [0, 0.05) is 18.0 Å². The number of anilines is 1. The molecule has 0 spiro atoms. The van der Waals surface area contributed by atoms with Crippen LogP contribution in [-0.4, -0.2) is 71.0 Å². The number of halogens is 1. The van der Waals surface area contributed by atoms with Crippen molar-refractivity contribution in [3.8, 4) is 6.08 Å². The van der Waals surface area contributed by atoms with E-state index in [-0.39, 0.29) is 31.4 Å². The Labute approximate surface area is 283 Å². The van der Waals surface area contributed by atoms with Gasteiger partial charge in [0.15, 0.2) is 5.58 Å². The van der Waals surface area contributed by atoms with E-state index < -0.39 is 62.0 Å². The first kappa shape index (κ1) is 33.1. The van der Waals surface area contributed by atoms with E-state index in [4.69, 9.17) is 9.15 Å². The molecule has 3 N–H and O–H groups in total. The second kappa shape index (κ2) is 12.8. The number of allylic oxidation sites excluding steroid dienone is 1. The molecular formula is C35H40FN5O7S. The fourth-order valence-corrected chi connectivity index (χ4v) is 8.08. The number of sulfonamides is 1. The summed E-state index contributed by atoms with van der Waals surface area (Å²) in [5.74, 6) is -2.63. The number of nitrogens with one attached hydrogen (secondary N) is 3. The zero-order chi connectivity index (χ0) is 34.4. The molecule has 2 aromatic carbocycles. The van der Waals surface area contributed by atoms with Crippen molar-refractivity contribution in [1.29, 1.82) is 0 Å². The minimum atomic E-state index is -3.96. The Kier molecular flexibility index (Phi) is 8.62. The van der Waals surface area contributed by atoms with E-state index in [1.165, 1.54) is 17.0 Å². The molecule has 0 bridgehead atoms. The minimum Gasteiger partial charge on any atom is -0.445 e. The van der Waals surface area contributed by atoms with E-state index in [9.17, 15) is 27.2 Å². The number of oxazole rings is 1. The number of benzene rings is 2. The van der Waals surface area contributed by atoms with Gasteiger partial charge in [0.2, 0.25) is 21.8 Å². The van der Waals surface area contributed by atoms with Crippen LogP contribution in [-0.2, 0) is 24.4 Å². The summed E-state index contributed by atoms with van der Waals surface area (Å²) in [6.45, 7) is 1.61. The highest BCUT2D eigenvalue weighted by atomic mass is 32.2. The molecule has 49 heavy (non-hydrogen) atoms. The molecular weight excluding hydrogens is 653 g/mol. The number of hydrogen-bond acceptors (Lipinski definition) is 9. The Morgan fingerprint density at radius 2 is 1.94 bits per heavy atom. The lowest BCUT2D eigenvalue weighted by atomic mass is 10.0. The molecule has 0 radical (unpaired) electrons. The fourth-order valence-electron chi connectivity index (χ4n) is 6.77. The van der Waals surface area contributed by atoms with Crippen molar-refractivity contribution in [1.82, 2.24) is 19.9 Å². The summed E-state index contributed by atoms with van der Waals surface area (Å²) in [7, 11) is -3.96. The van der Waals surface area contributed by atoms with E-state index in [0.717, 1.165) is 19.3 Å². The van der Waals surface area contributed by atoms with Gasteiger partial charge in [-0.3, -0.25) is 19.1 Å². The number of hydrogen-bond donors (Lipinski definition) is 3. The number of amides is 3. The predicted molar refractivity (Wildman–Crippen MR) is 178 cm³/mol. The molecule has 1 saturated heterocycles. The molecule has 3 fully saturated rings. The first-order chi connectivity index (χ1) is 23.5. The molecule has 3 aromatic rings. The van der Waals surface area contributed by atoms with E-state index in [2.05, 4.69) is 20.3 Å². The average Bonchev–Trinajstić information content (AvgIpc) is 3.87. The number of para-hydroxylation sites is 2. The summed E-state index contributed by atoms with van der Waals surface area (Å²) in [5, 5.41) is 6.06. The molecule has 7 rings (SSSR count). The maximum atomic E-state index is 14.4. The number of fused-ring (bicyclic) bond motifs is 3. The van der Waals surface area contributed by atoms with Crippen LogP contribution in [0, 0.1) is 11.7 Å². The molecule has 5 atom stereocenters. The molecule has 4 aliphatic rings. The lowest BCUT2D eigenvalue weighted by Crippen LogP contribution is -2.58. The van der Waals surface area contributed by atoms with Gasteiger partial charge in [0.1, 0.15) is 35.1 Å². The number of rotatable bonds is 7. The lowest BCUT2D eigenvalue weighted by molar-refractivity contribution is -0.140. The van der Waals surface area contributed by atoms with Gasteiger partial charge in [0.25, 0.3) is 5.91 Å². The average molecular weight is 694 g/mol. The maximum absolute atomic E-state index is 14.4. The largest absolute Gasteiger partial charge is 0.445 e. The third kappa shape index (κ3) is 6.75. The van der Waals surface area contributed by atoms with Crippen LogP contribution in [0.5, 0.6) is 6.08 Å². The van der Waals surface area contributed by atoms with Crippen LogP contribution in [0.1, 0.15) is 64.7 Å². The SMILES string of the molecule is CC1(S(=O)(=O)NC(=O)[C@@]23C[C@H]2C=CCCCCC[C@H](Nc2cccc(F)c2)C(=O)N2C[C@H](Oc4nc5ccccc5o4)C[C@H]2C(=O)N3)CC1. The van der Waals surface area contributed by atoms with E-state index in [1.54, 1.807) is 37.3 Å². The van der Waals surface area contributed by atoms with Crippen LogP contribution in [0.15, 0.2) is 65.1 Å². The molecule has 260 valence electrons. The van der Waals surface area contributed by atoms with E-state index in [1.807, 2.05) is 18.2 Å². The van der Waals surface area contributed by atoms with Gasteiger partial charge in [-0.1, -0.05) is 43.2 Å². The Hall–Kier alpha value is -4.46. The Morgan fingerprint density at radius 3 is 2.71 bits per heavy atom. The molecule has 12 nitrogen and oxygen atoms in total. The Bertz CT molecular complexity index is 1880. The molecule has 3 heterocycles. The summed E-state index contributed by atoms with van der Waals surface area (Å²) in [4.78, 5) is 48.1. The smallest absolute Gasteiger partial charge is 0.394 e. The standard InChI is InChI=1S/C35H40FN5O7S/c1-34(16-17-34)49(45,46)40-32(44)35-20-22(35)10-5-3-2-4-6-14-27(37-24-12-9-11-23(36)18-24)31(43)41-21-25(19-28(41)30(42)39-35)47-33-38-26-13-7-8-15-29(26)48-33/h5,7-13,15,18,22,25,27-28,37H,2-4,6,14,16-17,19-21H2,1H3,(H,39,42)(H,40,44)/t22-,25-,27+,28+,35-/m1/s1. The molecule has 14 heteroatoms. The number of aromatic nitrogens is 1. The summed E-state index contributed by atoms with van der Waals surface area (Å²) in [5.41, 5.74) is 0.0588. The molecule has 2 aliphatic carbocycles. The monoisotopic (exact) mass is 693 g/mol. The van der Waals surface area contributed by atoms with Crippen molar-refractivity contribution >= 4 is 44.5 Å². The van der Waals surface area contributed by atoms with Crippen molar-refractivity contribution in [2.24, 2.45) is 5.92 Å². The highest BCUT2D eigenvalue weighted by molar-refractivity contribution is 7.91. The first-order valence-corrected chi connectivity index (χ1v) is 18.3. The van der Waals surface area contributed by atoms with E-state index in [0.29, 0.717) is 42.5 Å². The van der Waals surface area contributed by atoms with Crippen LogP contribution >= 0.6 is 0 Å². The van der Waals surface area contributed by atoms with Gasteiger partial charge in [-0.05, 0) is 75.8 Å². The van der Waals surface area contributed by atoms with Crippen molar-refractivity contribution in [3.63, 3.8) is 0 Å². The quantitative estimate of drug-likeness (QED) is 0.309. The second-order valence-electron chi connectivity index (χ2n) is 13.9. The fraction of sp³-hybridized carbons (Fsp3) is 0.486. The van der Waals surface area contributed by atoms with Gasteiger partial charge in [-0.2, -0.15) is 4.98 Å². The summed E-state index contributed by atoms with van der Waals surface area (Å²) in [6.07, 6.45) is 7.83. The van der Waals surface area contributed by atoms with Crippen LogP contribution in [0.25, 0.3) is 11.1 Å². The molecule has 2 aliphatic heterocycles. The van der Waals surface area contributed by atoms with Gasteiger partial charge in [-0.15, -0.1) is 0 Å². The molecule has 3 amide bonds. The lowest BCUT2D eigenvalue weighted by Gasteiger charge is -2.30. The number of nitrogens with zero attached hydrogens (tertiary/aromatic N) is 2. The van der Waals surface area contributed by atoms with Gasteiger partial charge >= 0.3 is 6.08 Å². The summed E-state index contributed by atoms with van der Waals surface area (Å²) in [6, 6.07) is 11.2. The highest BCUT2D eigenvalue weighted by Gasteiger charge is 2.63. The third-order valence-corrected chi connectivity index (χ3v) is 12.3. The zero-order valence-corrected chi connectivity index (χ0v) is 28.0. The van der Waals surface area contributed by atoms with Gasteiger partial charge < -0.3 is 24.7 Å². The predicted octanol–water partition coefficient (Wildman–Crippen LogP) is 4.19. The van der Waals surface area contributed by atoms with Crippen molar-refractivity contribution < 1.29 is 36.3 Å². The van der Waals surface area contributed by atoms with Crippen molar-refractivity contribution in [3.05, 3.63) is 66.5 Å². The minimum absolute atomic E-state index is 0.00162. The third-order valence-electron chi connectivity index (χ3n) is 10.2. The maximum Gasteiger partial charge on any atom is 0.394 e. The number of carbonyl (C=O) groups is 3. The topological polar surface area (TPSA) is 160 Å². The summed E-state index contributed by atoms with van der Waals surface area (Å²) < 4.78 is 53.3. The molecule has 0 unspecified atom stereocenters. The zero-order valence-electron chi connectivity index (χ0n) is 27.2. The van der Waals surface area contributed by atoms with Crippen LogP contribution < -0.4 is 20.1 Å². The summed E-state index contributed by atoms with van der Waals surface area (Å²) >= 11 is 0. The van der Waals surface area contributed by atoms with Gasteiger partial charge in [0.05, 0.1) is 11.3 Å². The molecule has 1 aromatic heterocycles. The Morgan fingerprint density at radius 1 is 1.12 bits per heavy atom. The molecule has 2 saturated carbocycles. The van der Waals surface area contributed by atoms with Crippen molar-refractivity contribution in [2.75, 3.05) is 11.9 Å². The van der Waals surface area contributed by atoms with Gasteiger partial charge in [-0.25, -0.2) is 12.8 Å². The normalized spacial score (nSPS) is 28.4. The van der Waals surface area contributed by atoms with Crippen LogP contribution in [0.3, 0.4) is 0 Å². The van der Waals surface area contributed by atoms with Crippen molar-refractivity contribution in [2.45, 2.75) is 93.2 Å². The second-order valence-corrected chi connectivity index (χ2v) is 16.1. The van der Waals surface area contributed by atoms with E-state index >= 15 is 0 Å². The highest BCUT2D eigenvalue weighted by Crippen LogP contribution is 2.47. The van der Waals surface area contributed by atoms with Crippen LogP contribution in [0.2, 0.25) is 0 Å². The number of ether oxygens (including phenoxy) is 1. The Balaban J connectivity index is 1.18. The first-order valence-electron chi connectivity index (χ1n) is 16.9. The number of carbonyl (C=O) groups excluding carboxylic acids is 3. The van der Waals surface area contributed by atoms with Crippen LogP contribution in [0.4, 0.5) is 10.1 Å².